The van der Waals surface area contributed by atoms with E-state index in [9.17, 15) is 14.9 Å². The van der Waals surface area contributed by atoms with Crippen LogP contribution in [0.2, 0.25) is 0 Å². The molecule has 0 aliphatic carbocycles. The molecule has 0 spiro atoms. The summed E-state index contributed by atoms with van der Waals surface area (Å²) in [6, 6.07) is 22.0. The molecule has 4 rings (SSSR count). The molecule has 8 nitrogen and oxygen atoms in total. The van der Waals surface area contributed by atoms with E-state index < -0.39 is 10.8 Å². The highest BCUT2D eigenvalue weighted by atomic mass is 16.6. The van der Waals surface area contributed by atoms with Crippen molar-refractivity contribution in [3.63, 3.8) is 0 Å². The van der Waals surface area contributed by atoms with Crippen molar-refractivity contribution in [3.05, 3.63) is 111 Å². The number of hydrogen-bond acceptors (Lipinski definition) is 5. The first-order chi connectivity index (χ1) is 16.3. The molecule has 1 heterocycles. The number of amides is 1. The van der Waals surface area contributed by atoms with Crippen LogP contribution in [0.25, 0.3) is 16.9 Å². The molecule has 4 aromatic rings. The van der Waals surface area contributed by atoms with Crippen LogP contribution in [0.3, 0.4) is 0 Å². The van der Waals surface area contributed by atoms with E-state index >= 15 is 0 Å². The molecule has 0 saturated heterocycles. The highest BCUT2D eigenvalue weighted by Crippen LogP contribution is 2.26. The SMILES string of the molecule is Cc1ccc(-c2cc(C(=O)N/N=C\c3cc([N+](=O)[O-])ccc3C)nn2-c2ccccc2C)cc1. The molecule has 34 heavy (non-hydrogen) atoms. The molecule has 0 aliphatic rings. The monoisotopic (exact) mass is 453 g/mol. The number of nitrogens with zero attached hydrogens (tertiary/aromatic N) is 4. The molecule has 0 unspecified atom stereocenters. The summed E-state index contributed by atoms with van der Waals surface area (Å²) in [5.41, 5.74) is 8.70. The Morgan fingerprint density at radius 3 is 2.44 bits per heavy atom. The lowest BCUT2D eigenvalue weighted by atomic mass is 10.1. The van der Waals surface area contributed by atoms with Gasteiger partial charge in [0.05, 0.1) is 22.5 Å². The molecule has 0 fully saturated rings. The predicted octanol–water partition coefficient (Wildman–Crippen LogP) is 5.14. The van der Waals surface area contributed by atoms with Crippen LogP contribution < -0.4 is 5.43 Å². The average Bonchev–Trinajstić information content (AvgIpc) is 3.26. The van der Waals surface area contributed by atoms with E-state index in [2.05, 4.69) is 15.6 Å². The van der Waals surface area contributed by atoms with Crippen LogP contribution in [0.1, 0.15) is 32.7 Å². The fraction of sp³-hybridized carbons (Fsp3) is 0.115. The Bertz CT molecular complexity index is 1400. The van der Waals surface area contributed by atoms with Crippen molar-refractivity contribution in [2.75, 3.05) is 0 Å². The summed E-state index contributed by atoms with van der Waals surface area (Å²) < 4.78 is 1.75. The zero-order valence-electron chi connectivity index (χ0n) is 19.0. The van der Waals surface area contributed by atoms with Crippen molar-refractivity contribution in [1.29, 1.82) is 0 Å². The second-order valence-corrected chi connectivity index (χ2v) is 7.98. The molecular formula is C26H23N5O3. The van der Waals surface area contributed by atoms with E-state index in [-0.39, 0.29) is 11.4 Å². The van der Waals surface area contributed by atoms with Crippen molar-refractivity contribution < 1.29 is 9.72 Å². The van der Waals surface area contributed by atoms with Crippen LogP contribution in [0.4, 0.5) is 5.69 Å². The average molecular weight is 454 g/mol. The van der Waals surface area contributed by atoms with Crippen LogP contribution in [-0.2, 0) is 0 Å². The van der Waals surface area contributed by atoms with Crippen LogP contribution in [-0.4, -0.2) is 26.8 Å². The molecule has 0 saturated carbocycles. The van der Waals surface area contributed by atoms with Gasteiger partial charge in [0.15, 0.2) is 5.69 Å². The van der Waals surface area contributed by atoms with Gasteiger partial charge < -0.3 is 0 Å². The number of aryl methyl sites for hydroxylation is 3. The van der Waals surface area contributed by atoms with Gasteiger partial charge in [-0.25, -0.2) is 10.1 Å². The number of hydrogen-bond donors (Lipinski definition) is 1. The van der Waals surface area contributed by atoms with Gasteiger partial charge >= 0.3 is 0 Å². The summed E-state index contributed by atoms with van der Waals surface area (Å²) in [5, 5.41) is 19.6. The summed E-state index contributed by atoms with van der Waals surface area (Å²) >= 11 is 0. The van der Waals surface area contributed by atoms with Gasteiger partial charge in [-0.2, -0.15) is 10.2 Å². The van der Waals surface area contributed by atoms with Crippen LogP contribution in [0.5, 0.6) is 0 Å². The van der Waals surface area contributed by atoms with Crippen molar-refractivity contribution >= 4 is 17.8 Å². The van der Waals surface area contributed by atoms with E-state index in [0.29, 0.717) is 5.56 Å². The number of rotatable bonds is 6. The second-order valence-electron chi connectivity index (χ2n) is 7.98. The number of carbonyl (C=O) groups is 1. The molecule has 0 atom stereocenters. The largest absolute Gasteiger partial charge is 0.291 e. The maximum Gasteiger partial charge on any atom is 0.291 e. The number of non-ortho nitro benzene ring substituents is 1. The van der Waals surface area contributed by atoms with Crippen molar-refractivity contribution in [1.82, 2.24) is 15.2 Å². The van der Waals surface area contributed by atoms with E-state index in [1.54, 1.807) is 16.8 Å². The van der Waals surface area contributed by atoms with Crippen LogP contribution >= 0.6 is 0 Å². The molecule has 1 N–H and O–H groups in total. The summed E-state index contributed by atoms with van der Waals surface area (Å²) in [7, 11) is 0. The summed E-state index contributed by atoms with van der Waals surface area (Å²) in [6.07, 6.45) is 1.39. The summed E-state index contributed by atoms with van der Waals surface area (Å²) in [5.74, 6) is -0.486. The van der Waals surface area contributed by atoms with Crippen molar-refractivity contribution in [3.8, 4) is 16.9 Å². The first-order valence-corrected chi connectivity index (χ1v) is 10.6. The van der Waals surface area contributed by atoms with E-state index in [1.807, 2.05) is 69.3 Å². The number of nitro benzene ring substituents is 1. The van der Waals surface area contributed by atoms with E-state index in [0.717, 1.165) is 33.6 Å². The lowest BCUT2D eigenvalue weighted by molar-refractivity contribution is -0.384. The molecule has 0 bridgehead atoms. The Labute approximate surface area is 196 Å². The van der Waals surface area contributed by atoms with E-state index in [4.69, 9.17) is 0 Å². The van der Waals surface area contributed by atoms with Gasteiger partial charge in [0.1, 0.15) is 0 Å². The zero-order chi connectivity index (χ0) is 24.2. The third-order valence-corrected chi connectivity index (χ3v) is 5.48. The van der Waals surface area contributed by atoms with Crippen LogP contribution in [0, 0.1) is 30.9 Å². The Hall–Kier alpha value is -4.59. The number of hydrazone groups is 1. The Morgan fingerprint density at radius 2 is 1.74 bits per heavy atom. The molecular weight excluding hydrogens is 430 g/mol. The highest BCUT2D eigenvalue weighted by Gasteiger charge is 2.17. The van der Waals surface area contributed by atoms with E-state index in [1.165, 1.54) is 18.3 Å². The third kappa shape index (κ3) is 4.75. The van der Waals surface area contributed by atoms with Gasteiger partial charge in [-0.1, -0.05) is 54.1 Å². The lowest BCUT2D eigenvalue weighted by Crippen LogP contribution is -2.18. The minimum atomic E-state index is -0.486. The number of aromatic nitrogens is 2. The number of para-hydroxylation sites is 1. The smallest absolute Gasteiger partial charge is 0.265 e. The molecule has 8 heteroatoms. The first kappa shape index (κ1) is 22.6. The number of carbonyl (C=O) groups excluding carboxylic acids is 1. The Balaban J connectivity index is 1.65. The molecule has 1 aromatic heterocycles. The van der Waals surface area contributed by atoms with Crippen LogP contribution in [0.15, 0.2) is 77.9 Å². The fourth-order valence-electron chi connectivity index (χ4n) is 3.50. The van der Waals surface area contributed by atoms with Gasteiger partial charge in [-0.15, -0.1) is 0 Å². The maximum absolute atomic E-state index is 12.9. The normalized spacial score (nSPS) is 11.0. The second kappa shape index (κ2) is 9.50. The number of nitrogens with one attached hydrogen (secondary N) is 1. The zero-order valence-corrected chi connectivity index (χ0v) is 19.0. The van der Waals surface area contributed by atoms with Gasteiger partial charge in [0.25, 0.3) is 11.6 Å². The fourth-order valence-corrected chi connectivity index (χ4v) is 3.50. The topological polar surface area (TPSA) is 102 Å². The number of benzene rings is 3. The van der Waals surface area contributed by atoms with Crippen molar-refractivity contribution in [2.24, 2.45) is 5.10 Å². The molecule has 1 amide bonds. The lowest BCUT2D eigenvalue weighted by Gasteiger charge is -2.10. The summed E-state index contributed by atoms with van der Waals surface area (Å²) in [6.45, 7) is 5.81. The molecule has 170 valence electrons. The van der Waals surface area contributed by atoms with Gasteiger partial charge in [0.2, 0.25) is 0 Å². The highest BCUT2D eigenvalue weighted by molar-refractivity contribution is 5.94. The Kier molecular flexibility index (Phi) is 6.31. The minimum Gasteiger partial charge on any atom is -0.265 e. The number of nitro groups is 1. The first-order valence-electron chi connectivity index (χ1n) is 10.6. The minimum absolute atomic E-state index is 0.0434. The summed E-state index contributed by atoms with van der Waals surface area (Å²) in [4.78, 5) is 23.4. The van der Waals surface area contributed by atoms with Gasteiger partial charge in [-0.05, 0) is 44.0 Å². The third-order valence-electron chi connectivity index (χ3n) is 5.48. The van der Waals surface area contributed by atoms with Gasteiger partial charge in [0, 0.05) is 23.3 Å². The standard InChI is InChI=1S/C26H23N5O3/c1-17-8-11-20(12-9-17)25-15-23(29-30(25)24-7-5-4-6-19(24)3)26(32)28-27-16-21-14-22(31(33)34)13-10-18(21)2/h4-16H,1-3H3,(H,28,32)/b27-16-. The Morgan fingerprint density at radius 1 is 1.00 bits per heavy atom. The van der Waals surface area contributed by atoms with Crippen molar-refractivity contribution in [2.45, 2.75) is 20.8 Å². The quantitative estimate of drug-likeness (QED) is 0.248. The molecule has 0 radical (unpaired) electrons. The van der Waals surface area contributed by atoms with Gasteiger partial charge in [-0.3, -0.25) is 14.9 Å². The predicted molar refractivity (Wildman–Crippen MR) is 131 cm³/mol. The molecule has 3 aromatic carbocycles. The molecule has 0 aliphatic heterocycles. The maximum atomic E-state index is 12.9.